The summed E-state index contributed by atoms with van der Waals surface area (Å²) in [6.45, 7) is 1.31. The highest BCUT2D eigenvalue weighted by atomic mass is 19.4. The number of hydrogen-bond acceptors (Lipinski definition) is 4. The number of anilines is 1. The minimum Gasteiger partial charge on any atom is -0.326 e. The lowest BCUT2D eigenvalue weighted by atomic mass is 10.1. The Morgan fingerprint density at radius 3 is 2.55 bits per heavy atom. The number of fused-ring (bicyclic) bond motifs is 3. The molecule has 112 valence electrons. The minimum atomic E-state index is -4.72. The standard InChI is InChI=1S/C14H8F3N3O2/c1-6(21)19-7-2-3-8-9(4-7)12(22)11-10(8)5-18-13(20-11)14(15,16)17/h2-5H,1H3,(H,19,21). The van der Waals surface area contributed by atoms with E-state index in [0.29, 0.717) is 11.3 Å². The molecule has 0 spiro atoms. The fraction of sp³-hybridized carbons (Fsp3) is 0.143. The highest BCUT2D eigenvalue weighted by Gasteiger charge is 2.38. The second kappa shape index (κ2) is 4.62. The van der Waals surface area contributed by atoms with Crippen molar-refractivity contribution in [2.24, 2.45) is 0 Å². The number of carbonyl (C=O) groups is 2. The van der Waals surface area contributed by atoms with E-state index in [1.54, 1.807) is 12.1 Å². The predicted molar refractivity (Wildman–Crippen MR) is 70.2 cm³/mol. The van der Waals surface area contributed by atoms with Crippen LogP contribution in [0.15, 0.2) is 24.4 Å². The average Bonchev–Trinajstić information content (AvgIpc) is 2.70. The number of carbonyl (C=O) groups excluding carboxylic acids is 2. The fourth-order valence-corrected chi connectivity index (χ4v) is 2.26. The van der Waals surface area contributed by atoms with Crippen molar-refractivity contribution in [3.63, 3.8) is 0 Å². The van der Waals surface area contributed by atoms with Crippen molar-refractivity contribution in [2.45, 2.75) is 13.1 Å². The van der Waals surface area contributed by atoms with Crippen LogP contribution in [0.1, 0.15) is 28.8 Å². The third-order valence-electron chi connectivity index (χ3n) is 3.13. The molecule has 0 fully saturated rings. The van der Waals surface area contributed by atoms with Crippen LogP contribution in [0.4, 0.5) is 18.9 Å². The van der Waals surface area contributed by atoms with E-state index in [0.717, 1.165) is 6.20 Å². The lowest BCUT2D eigenvalue weighted by Gasteiger charge is -2.05. The average molecular weight is 307 g/mol. The van der Waals surface area contributed by atoms with Crippen LogP contribution in [0.25, 0.3) is 11.1 Å². The summed E-state index contributed by atoms with van der Waals surface area (Å²) in [6.07, 6.45) is -3.72. The van der Waals surface area contributed by atoms with Crippen molar-refractivity contribution >= 4 is 17.4 Å². The number of rotatable bonds is 1. The lowest BCUT2D eigenvalue weighted by Crippen LogP contribution is -2.13. The largest absolute Gasteiger partial charge is 0.451 e. The third-order valence-corrected chi connectivity index (χ3v) is 3.13. The van der Waals surface area contributed by atoms with E-state index in [1.807, 2.05) is 0 Å². The molecule has 5 nitrogen and oxygen atoms in total. The number of halogens is 3. The molecule has 0 saturated carbocycles. The van der Waals surface area contributed by atoms with Crippen LogP contribution in [-0.4, -0.2) is 21.7 Å². The van der Waals surface area contributed by atoms with Crippen molar-refractivity contribution in [1.29, 1.82) is 0 Å². The first-order valence-electron chi connectivity index (χ1n) is 6.18. The van der Waals surface area contributed by atoms with Crippen LogP contribution in [-0.2, 0) is 11.0 Å². The van der Waals surface area contributed by atoms with Crippen LogP contribution in [0, 0.1) is 0 Å². The van der Waals surface area contributed by atoms with Gasteiger partial charge in [-0.2, -0.15) is 13.2 Å². The summed E-state index contributed by atoms with van der Waals surface area (Å²) in [6, 6.07) is 4.51. The molecule has 0 saturated heterocycles. The molecule has 1 heterocycles. The Morgan fingerprint density at radius 1 is 1.18 bits per heavy atom. The molecule has 0 aliphatic heterocycles. The number of amides is 1. The predicted octanol–water partition coefficient (Wildman–Crippen LogP) is 2.67. The highest BCUT2D eigenvalue weighted by molar-refractivity contribution is 6.21. The zero-order valence-corrected chi connectivity index (χ0v) is 11.2. The molecule has 0 bridgehead atoms. The number of nitrogens with one attached hydrogen (secondary N) is 1. The van der Waals surface area contributed by atoms with E-state index in [1.165, 1.54) is 13.0 Å². The van der Waals surface area contributed by atoms with Gasteiger partial charge in [0.15, 0.2) is 0 Å². The van der Waals surface area contributed by atoms with Crippen molar-refractivity contribution in [2.75, 3.05) is 5.32 Å². The van der Waals surface area contributed by atoms with Crippen LogP contribution >= 0.6 is 0 Å². The molecule has 1 amide bonds. The third kappa shape index (κ3) is 2.22. The molecule has 2 aromatic rings. The van der Waals surface area contributed by atoms with Gasteiger partial charge >= 0.3 is 6.18 Å². The normalized spacial score (nSPS) is 12.8. The summed E-state index contributed by atoms with van der Waals surface area (Å²) >= 11 is 0. The number of ketones is 1. The molecule has 1 aromatic carbocycles. The fourth-order valence-electron chi connectivity index (χ4n) is 2.26. The number of alkyl halides is 3. The zero-order chi connectivity index (χ0) is 16.1. The summed E-state index contributed by atoms with van der Waals surface area (Å²) < 4.78 is 37.9. The molecule has 1 N–H and O–H groups in total. The van der Waals surface area contributed by atoms with Gasteiger partial charge in [-0.05, 0) is 17.7 Å². The first-order valence-corrected chi connectivity index (χ1v) is 6.18. The summed E-state index contributed by atoms with van der Waals surface area (Å²) in [5.74, 6) is -2.29. The van der Waals surface area contributed by atoms with Gasteiger partial charge in [0.25, 0.3) is 0 Å². The van der Waals surface area contributed by atoms with Crippen molar-refractivity contribution in [3.05, 3.63) is 41.5 Å². The Labute approximate surface area is 122 Å². The summed E-state index contributed by atoms with van der Waals surface area (Å²) in [7, 11) is 0. The molecular formula is C14H8F3N3O2. The van der Waals surface area contributed by atoms with Crippen LogP contribution in [0.3, 0.4) is 0 Å². The molecule has 22 heavy (non-hydrogen) atoms. The van der Waals surface area contributed by atoms with Crippen molar-refractivity contribution < 1.29 is 22.8 Å². The zero-order valence-electron chi connectivity index (χ0n) is 11.2. The van der Waals surface area contributed by atoms with E-state index < -0.39 is 17.8 Å². The second-order valence-electron chi connectivity index (χ2n) is 4.72. The summed E-state index contributed by atoms with van der Waals surface area (Å²) in [5, 5.41) is 2.51. The smallest absolute Gasteiger partial charge is 0.326 e. The first kappa shape index (κ1) is 14.2. The molecule has 1 aliphatic carbocycles. The Hall–Kier alpha value is -2.77. The van der Waals surface area contributed by atoms with Crippen LogP contribution < -0.4 is 5.32 Å². The number of benzene rings is 1. The highest BCUT2D eigenvalue weighted by Crippen LogP contribution is 2.38. The van der Waals surface area contributed by atoms with E-state index in [2.05, 4.69) is 15.3 Å². The van der Waals surface area contributed by atoms with E-state index in [4.69, 9.17) is 0 Å². The maximum atomic E-state index is 12.6. The van der Waals surface area contributed by atoms with Gasteiger partial charge in [0, 0.05) is 29.9 Å². The van der Waals surface area contributed by atoms with Gasteiger partial charge in [-0.1, -0.05) is 6.07 Å². The minimum absolute atomic E-state index is 0.190. The molecule has 0 atom stereocenters. The van der Waals surface area contributed by atoms with Gasteiger partial charge in [0.1, 0.15) is 5.69 Å². The van der Waals surface area contributed by atoms with Gasteiger partial charge in [-0.15, -0.1) is 0 Å². The molecular weight excluding hydrogens is 299 g/mol. The molecule has 1 aromatic heterocycles. The number of nitrogens with zero attached hydrogens (tertiary/aromatic N) is 2. The molecule has 1 aliphatic rings. The Morgan fingerprint density at radius 2 is 1.91 bits per heavy atom. The van der Waals surface area contributed by atoms with Crippen molar-refractivity contribution in [3.8, 4) is 11.1 Å². The van der Waals surface area contributed by atoms with E-state index >= 15 is 0 Å². The van der Waals surface area contributed by atoms with Crippen molar-refractivity contribution in [1.82, 2.24) is 9.97 Å². The van der Waals surface area contributed by atoms with Gasteiger partial charge in [0.05, 0.1) is 0 Å². The molecule has 3 rings (SSSR count). The Balaban J connectivity index is 2.09. The van der Waals surface area contributed by atoms with Crippen LogP contribution in [0.2, 0.25) is 0 Å². The van der Waals surface area contributed by atoms with Gasteiger partial charge in [0.2, 0.25) is 17.5 Å². The molecule has 8 heteroatoms. The van der Waals surface area contributed by atoms with E-state index in [9.17, 15) is 22.8 Å². The maximum Gasteiger partial charge on any atom is 0.451 e. The first-order chi connectivity index (χ1) is 10.3. The van der Waals surface area contributed by atoms with Crippen LogP contribution in [0.5, 0.6) is 0 Å². The SMILES string of the molecule is CC(=O)Nc1ccc2c(c1)C(=O)c1nc(C(F)(F)F)ncc1-2. The lowest BCUT2D eigenvalue weighted by molar-refractivity contribution is -0.145. The monoisotopic (exact) mass is 307 g/mol. The van der Waals surface area contributed by atoms with E-state index in [-0.39, 0.29) is 22.7 Å². The summed E-state index contributed by atoms with van der Waals surface area (Å²) in [4.78, 5) is 29.9. The summed E-state index contributed by atoms with van der Waals surface area (Å²) in [5.41, 5.74) is 0.994. The molecule has 0 unspecified atom stereocenters. The van der Waals surface area contributed by atoms with Gasteiger partial charge in [-0.3, -0.25) is 9.59 Å². The van der Waals surface area contributed by atoms with Gasteiger partial charge in [-0.25, -0.2) is 9.97 Å². The second-order valence-corrected chi connectivity index (χ2v) is 4.72. The number of hydrogen-bond donors (Lipinski definition) is 1. The Kier molecular flexibility index (Phi) is 2.98. The molecule has 0 radical (unpaired) electrons. The number of aromatic nitrogens is 2. The quantitative estimate of drug-likeness (QED) is 0.750. The van der Waals surface area contributed by atoms with Gasteiger partial charge < -0.3 is 5.32 Å². The topological polar surface area (TPSA) is 72.0 Å². The maximum absolute atomic E-state index is 12.6. The Bertz CT molecular complexity index is 815.